The second-order valence-corrected chi connectivity index (χ2v) is 5.92. The molecular weight excluding hydrogens is 239 g/mol. The number of benzene rings is 1. The lowest BCUT2D eigenvalue weighted by molar-refractivity contribution is 0.243. The molecule has 1 aromatic carbocycles. The third kappa shape index (κ3) is 2.48. The third-order valence-electron chi connectivity index (χ3n) is 4.81. The Hall–Kier alpha value is -1.09. The molecule has 104 valence electrons. The fourth-order valence-corrected chi connectivity index (χ4v) is 3.92. The van der Waals surface area contributed by atoms with E-state index in [2.05, 4.69) is 4.90 Å². The van der Waals surface area contributed by atoms with Crippen LogP contribution in [0.3, 0.4) is 0 Å². The van der Waals surface area contributed by atoms with Gasteiger partial charge in [-0.25, -0.2) is 4.39 Å². The van der Waals surface area contributed by atoms with Crippen LogP contribution in [0.25, 0.3) is 0 Å². The van der Waals surface area contributed by atoms with Crippen molar-refractivity contribution in [2.75, 3.05) is 11.4 Å². The summed E-state index contributed by atoms with van der Waals surface area (Å²) in [6, 6.07) is 5.75. The first-order valence-corrected chi connectivity index (χ1v) is 7.54. The van der Waals surface area contributed by atoms with Crippen molar-refractivity contribution < 1.29 is 4.39 Å². The first-order chi connectivity index (χ1) is 9.29. The quantitative estimate of drug-likeness (QED) is 0.884. The number of nitrogens with two attached hydrogens (primary N) is 1. The fraction of sp³-hybridized carbons (Fsp3) is 0.625. The largest absolute Gasteiger partial charge is 0.368 e. The molecule has 19 heavy (non-hydrogen) atoms. The van der Waals surface area contributed by atoms with E-state index in [-0.39, 0.29) is 5.82 Å². The summed E-state index contributed by atoms with van der Waals surface area (Å²) in [7, 11) is 0. The van der Waals surface area contributed by atoms with Crippen LogP contribution in [-0.2, 0) is 6.54 Å². The average molecular weight is 262 g/mol. The predicted octanol–water partition coefficient (Wildman–Crippen LogP) is 3.44. The number of anilines is 1. The first-order valence-electron chi connectivity index (χ1n) is 7.54. The van der Waals surface area contributed by atoms with Gasteiger partial charge in [0.1, 0.15) is 5.82 Å². The van der Waals surface area contributed by atoms with Gasteiger partial charge in [0.2, 0.25) is 0 Å². The minimum absolute atomic E-state index is 0.179. The lowest BCUT2D eigenvalue weighted by Crippen LogP contribution is -2.47. The van der Waals surface area contributed by atoms with Crippen LogP contribution in [0.2, 0.25) is 0 Å². The Morgan fingerprint density at radius 1 is 1.16 bits per heavy atom. The number of hydrogen-bond donors (Lipinski definition) is 1. The van der Waals surface area contributed by atoms with Gasteiger partial charge in [0, 0.05) is 24.8 Å². The Bertz CT molecular complexity index is 444. The van der Waals surface area contributed by atoms with Crippen molar-refractivity contribution in [3.63, 3.8) is 0 Å². The number of hydrogen-bond acceptors (Lipinski definition) is 2. The van der Waals surface area contributed by atoms with Gasteiger partial charge in [-0.2, -0.15) is 0 Å². The Balaban J connectivity index is 1.91. The van der Waals surface area contributed by atoms with E-state index in [1.54, 1.807) is 12.1 Å². The molecule has 2 N–H and O–H groups in total. The highest BCUT2D eigenvalue weighted by Gasteiger charge is 2.33. The molecule has 0 amide bonds. The van der Waals surface area contributed by atoms with Gasteiger partial charge in [0.25, 0.3) is 0 Å². The standard InChI is InChI=1S/C16H23FN2/c17-14-7-8-16(13(10-14)11-18)19-9-3-5-12-4-1-2-6-15(12)19/h7-8,10,12,15H,1-6,9,11,18H2/t12-,15-/m1/s1. The number of piperidine rings is 1. The van der Waals surface area contributed by atoms with Crippen LogP contribution in [0, 0.1) is 11.7 Å². The van der Waals surface area contributed by atoms with E-state index in [0.29, 0.717) is 12.6 Å². The van der Waals surface area contributed by atoms with Crippen LogP contribution < -0.4 is 10.6 Å². The molecular formula is C16H23FN2. The van der Waals surface area contributed by atoms with Crippen LogP contribution in [0.1, 0.15) is 44.1 Å². The lowest BCUT2D eigenvalue weighted by Gasteiger charge is -2.46. The van der Waals surface area contributed by atoms with Gasteiger partial charge in [-0.15, -0.1) is 0 Å². The van der Waals surface area contributed by atoms with E-state index in [9.17, 15) is 4.39 Å². The molecule has 3 rings (SSSR count). The number of halogens is 1. The SMILES string of the molecule is NCc1cc(F)ccc1N1CCC[C@H]2CCCC[C@H]21. The second kappa shape index (κ2) is 5.49. The molecule has 1 aliphatic heterocycles. The maximum Gasteiger partial charge on any atom is 0.123 e. The lowest BCUT2D eigenvalue weighted by atomic mass is 9.78. The number of rotatable bonds is 2. The molecule has 2 atom stereocenters. The maximum absolute atomic E-state index is 13.4. The van der Waals surface area contributed by atoms with Gasteiger partial charge in [0.15, 0.2) is 0 Å². The summed E-state index contributed by atoms with van der Waals surface area (Å²) in [5, 5.41) is 0. The van der Waals surface area contributed by atoms with Crippen molar-refractivity contribution in [3.05, 3.63) is 29.6 Å². The summed E-state index contributed by atoms with van der Waals surface area (Å²) in [6.45, 7) is 1.51. The monoisotopic (exact) mass is 262 g/mol. The summed E-state index contributed by atoms with van der Waals surface area (Å²) in [6.07, 6.45) is 7.97. The molecule has 1 aliphatic carbocycles. The summed E-state index contributed by atoms with van der Waals surface area (Å²) in [5.74, 6) is 0.652. The van der Waals surface area contributed by atoms with E-state index in [1.165, 1.54) is 44.2 Å². The van der Waals surface area contributed by atoms with Crippen molar-refractivity contribution in [3.8, 4) is 0 Å². The predicted molar refractivity (Wildman–Crippen MR) is 76.6 cm³/mol. The summed E-state index contributed by atoms with van der Waals surface area (Å²) in [4.78, 5) is 2.51. The van der Waals surface area contributed by atoms with Crippen LogP contribution in [0.15, 0.2) is 18.2 Å². The van der Waals surface area contributed by atoms with Crippen LogP contribution in [0.4, 0.5) is 10.1 Å². The van der Waals surface area contributed by atoms with E-state index in [0.717, 1.165) is 18.0 Å². The molecule has 0 unspecified atom stereocenters. The normalized spacial score (nSPS) is 27.2. The molecule has 0 bridgehead atoms. The molecule has 2 aliphatic rings. The molecule has 0 aromatic heterocycles. The zero-order chi connectivity index (χ0) is 13.2. The van der Waals surface area contributed by atoms with Crippen molar-refractivity contribution in [2.24, 2.45) is 11.7 Å². The highest BCUT2D eigenvalue weighted by molar-refractivity contribution is 5.55. The van der Waals surface area contributed by atoms with Crippen molar-refractivity contribution in [1.82, 2.24) is 0 Å². The minimum Gasteiger partial charge on any atom is -0.368 e. The molecule has 3 heteroatoms. The van der Waals surface area contributed by atoms with E-state index in [4.69, 9.17) is 5.73 Å². The molecule has 1 saturated heterocycles. The summed E-state index contributed by atoms with van der Waals surface area (Å²) < 4.78 is 13.4. The fourth-order valence-electron chi connectivity index (χ4n) is 3.92. The summed E-state index contributed by atoms with van der Waals surface area (Å²) in [5.41, 5.74) is 7.92. The average Bonchev–Trinajstić information content (AvgIpc) is 2.46. The van der Waals surface area contributed by atoms with Gasteiger partial charge in [-0.05, 0) is 55.4 Å². The van der Waals surface area contributed by atoms with Gasteiger partial charge in [-0.1, -0.05) is 12.8 Å². The minimum atomic E-state index is -0.179. The molecule has 2 nitrogen and oxygen atoms in total. The van der Waals surface area contributed by atoms with Gasteiger partial charge >= 0.3 is 0 Å². The molecule has 0 spiro atoms. The molecule has 1 aromatic rings. The smallest absolute Gasteiger partial charge is 0.123 e. The number of nitrogens with zero attached hydrogens (tertiary/aromatic N) is 1. The molecule has 1 saturated carbocycles. The topological polar surface area (TPSA) is 29.3 Å². The Labute approximate surface area is 114 Å². The molecule has 0 radical (unpaired) electrons. The van der Waals surface area contributed by atoms with Gasteiger partial charge < -0.3 is 10.6 Å². The zero-order valence-electron chi connectivity index (χ0n) is 11.4. The third-order valence-corrected chi connectivity index (χ3v) is 4.81. The molecule has 2 fully saturated rings. The highest BCUT2D eigenvalue weighted by atomic mass is 19.1. The Morgan fingerprint density at radius 3 is 2.79 bits per heavy atom. The van der Waals surface area contributed by atoms with Crippen LogP contribution in [0.5, 0.6) is 0 Å². The zero-order valence-corrected chi connectivity index (χ0v) is 11.4. The van der Waals surface area contributed by atoms with E-state index < -0.39 is 0 Å². The second-order valence-electron chi connectivity index (χ2n) is 5.92. The maximum atomic E-state index is 13.4. The highest BCUT2D eigenvalue weighted by Crippen LogP contribution is 2.38. The van der Waals surface area contributed by atoms with Crippen LogP contribution >= 0.6 is 0 Å². The van der Waals surface area contributed by atoms with E-state index in [1.807, 2.05) is 6.07 Å². The van der Waals surface area contributed by atoms with Gasteiger partial charge in [0.05, 0.1) is 0 Å². The van der Waals surface area contributed by atoms with Crippen molar-refractivity contribution in [1.29, 1.82) is 0 Å². The van der Waals surface area contributed by atoms with Crippen LogP contribution in [-0.4, -0.2) is 12.6 Å². The number of fused-ring (bicyclic) bond motifs is 1. The van der Waals surface area contributed by atoms with E-state index >= 15 is 0 Å². The first kappa shape index (κ1) is 12.9. The van der Waals surface area contributed by atoms with Gasteiger partial charge in [-0.3, -0.25) is 0 Å². The Kier molecular flexibility index (Phi) is 3.74. The molecule has 1 heterocycles. The van der Waals surface area contributed by atoms with Crippen molar-refractivity contribution in [2.45, 2.75) is 51.1 Å². The van der Waals surface area contributed by atoms with Crippen molar-refractivity contribution >= 4 is 5.69 Å². The summed E-state index contributed by atoms with van der Waals surface area (Å²) >= 11 is 0. The Morgan fingerprint density at radius 2 is 1.95 bits per heavy atom.